The molecule has 112 valence electrons. The third-order valence-corrected chi connectivity index (χ3v) is 4.20. The lowest BCUT2D eigenvalue weighted by molar-refractivity contribution is 0.253. The van der Waals surface area contributed by atoms with E-state index in [2.05, 4.69) is 15.5 Å². The van der Waals surface area contributed by atoms with Gasteiger partial charge in [0.25, 0.3) is 0 Å². The molecule has 1 aromatic heterocycles. The summed E-state index contributed by atoms with van der Waals surface area (Å²) in [6.45, 7) is 2.29. The molecule has 1 saturated carbocycles. The molecule has 2 atom stereocenters. The van der Waals surface area contributed by atoms with Crippen molar-refractivity contribution in [1.82, 2.24) is 10.1 Å². The van der Waals surface area contributed by atoms with Gasteiger partial charge in [-0.1, -0.05) is 41.4 Å². The number of benzene rings is 1. The molecule has 5 heteroatoms. The predicted octanol–water partition coefficient (Wildman–Crippen LogP) is 3.01. The number of aryl methyl sites for hydroxylation is 1. The zero-order valence-electron chi connectivity index (χ0n) is 12.2. The molecule has 0 bridgehead atoms. The lowest BCUT2D eigenvalue weighted by atomic mass is 10.0. The van der Waals surface area contributed by atoms with Gasteiger partial charge in [-0.25, -0.2) is 0 Å². The van der Waals surface area contributed by atoms with Crippen molar-refractivity contribution < 1.29 is 9.63 Å². The van der Waals surface area contributed by atoms with Gasteiger partial charge < -0.3 is 14.9 Å². The Balaban J connectivity index is 1.69. The van der Waals surface area contributed by atoms with Gasteiger partial charge in [0.05, 0.1) is 0 Å². The van der Waals surface area contributed by atoms with E-state index >= 15 is 0 Å². The average Bonchev–Trinajstić information content (AvgIpc) is 3.11. The third kappa shape index (κ3) is 3.24. The van der Waals surface area contributed by atoms with E-state index in [0.29, 0.717) is 23.8 Å². The number of aliphatic hydroxyl groups is 1. The number of nitrogens with zero attached hydrogens (tertiary/aromatic N) is 2. The number of aromatic nitrogens is 2. The summed E-state index contributed by atoms with van der Waals surface area (Å²) in [5.41, 5.74) is 2.16. The Labute approximate surface area is 124 Å². The van der Waals surface area contributed by atoms with Gasteiger partial charge in [0, 0.05) is 18.2 Å². The normalized spacial score (nSPS) is 21.6. The van der Waals surface area contributed by atoms with Gasteiger partial charge in [0.2, 0.25) is 5.82 Å². The average molecular weight is 287 g/mol. The van der Waals surface area contributed by atoms with Crippen LogP contribution in [0.5, 0.6) is 0 Å². The van der Waals surface area contributed by atoms with Crippen molar-refractivity contribution in [2.75, 3.05) is 11.9 Å². The van der Waals surface area contributed by atoms with Crippen LogP contribution >= 0.6 is 0 Å². The van der Waals surface area contributed by atoms with Gasteiger partial charge in [-0.3, -0.25) is 0 Å². The maximum Gasteiger partial charge on any atom is 0.322 e. The molecule has 2 N–H and O–H groups in total. The molecule has 1 fully saturated rings. The molecule has 1 aliphatic carbocycles. The Morgan fingerprint density at radius 2 is 2.10 bits per heavy atom. The van der Waals surface area contributed by atoms with Crippen molar-refractivity contribution in [3.05, 3.63) is 29.8 Å². The molecule has 21 heavy (non-hydrogen) atoms. The smallest absolute Gasteiger partial charge is 0.322 e. The maximum atomic E-state index is 9.11. The number of aliphatic hydroxyl groups excluding tert-OH is 1. The zero-order valence-corrected chi connectivity index (χ0v) is 12.2. The monoisotopic (exact) mass is 287 g/mol. The van der Waals surface area contributed by atoms with E-state index in [1.54, 1.807) is 0 Å². The predicted molar refractivity (Wildman–Crippen MR) is 80.9 cm³/mol. The summed E-state index contributed by atoms with van der Waals surface area (Å²) in [4.78, 5) is 4.42. The van der Waals surface area contributed by atoms with Gasteiger partial charge in [-0.05, 0) is 32.1 Å². The van der Waals surface area contributed by atoms with Crippen LogP contribution < -0.4 is 5.32 Å². The molecule has 0 radical (unpaired) electrons. The van der Waals surface area contributed by atoms with Gasteiger partial charge in [0.1, 0.15) is 0 Å². The SMILES string of the molecule is Cc1ccc(-c2noc(NC3CCCC3CCO)n2)cc1. The van der Waals surface area contributed by atoms with Crippen LogP contribution in [0.25, 0.3) is 11.4 Å². The molecule has 0 amide bonds. The van der Waals surface area contributed by atoms with Gasteiger partial charge in [-0.15, -0.1) is 0 Å². The first kappa shape index (κ1) is 14.1. The Morgan fingerprint density at radius 1 is 1.29 bits per heavy atom. The molecular formula is C16H21N3O2. The standard InChI is InChI=1S/C16H21N3O2/c1-11-5-7-13(8-6-11)15-18-16(21-19-15)17-14-4-2-3-12(14)9-10-20/h5-8,12,14,20H,2-4,9-10H2,1H3,(H,17,18,19). The number of hydrogen-bond acceptors (Lipinski definition) is 5. The Morgan fingerprint density at radius 3 is 2.86 bits per heavy atom. The number of rotatable bonds is 5. The molecule has 1 heterocycles. The highest BCUT2D eigenvalue weighted by Gasteiger charge is 2.28. The largest absolute Gasteiger partial charge is 0.396 e. The zero-order chi connectivity index (χ0) is 14.7. The van der Waals surface area contributed by atoms with Crippen molar-refractivity contribution in [3.8, 4) is 11.4 Å². The van der Waals surface area contributed by atoms with Gasteiger partial charge in [0.15, 0.2) is 0 Å². The van der Waals surface area contributed by atoms with Crippen molar-refractivity contribution in [3.63, 3.8) is 0 Å². The highest BCUT2D eigenvalue weighted by atomic mass is 16.5. The first-order valence-corrected chi connectivity index (χ1v) is 7.54. The second-order valence-electron chi connectivity index (χ2n) is 5.74. The fraction of sp³-hybridized carbons (Fsp3) is 0.500. The Kier molecular flexibility index (Phi) is 4.20. The van der Waals surface area contributed by atoms with E-state index in [4.69, 9.17) is 9.63 Å². The molecule has 0 aliphatic heterocycles. The molecule has 2 unspecified atom stereocenters. The number of anilines is 1. The fourth-order valence-electron chi connectivity index (χ4n) is 3.00. The molecule has 0 spiro atoms. The van der Waals surface area contributed by atoms with E-state index in [1.807, 2.05) is 31.2 Å². The summed E-state index contributed by atoms with van der Waals surface area (Å²) in [5.74, 6) is 1.10. The van der Waals surface area contributed by atoms with E-state index < -0.39 is 0 Å². The topological polar surface area (TPSA) is 71.2 Å². The van der Waals surface area contributed by atoms with Crippen LogP contribution in [0.2, 0.25) is 0 Å². The van der Waals surface area contributed by atoms with E-state index in [-0.39, 0.29) is 6.61 Å². The minimum atomic E-state index is 0.237. The van der Waals surface area contributed by atoms with Crippen molar-refractivity contribution in [1.29, 1.82) is 0 Å². The van der Waals surface area contributed by atoms with Crippen LogP contribution in [0, 0.1) is 12.8 Å². The van der Waals surface area contributed by atoms with Crippen LogP contribution in [0.3, 0.4) is 0 Å². The van der Waals surface area contributed by atoms with Gasteiger partial charge >= 0.3 is 6.01 Å². The first-order chi connectivity index (χ1) is 10.3. The molecule has 5 nitrogen and oxygen atoms in total. The molecule has 0 saturated heterocycles. The van der Waals surface area contributed by atoms with E-state index in [0.717, 1.165) is 24.8 Å². The highest BCUT2D eigenvalue weighted by Crippen LogP contribution is 2.30. The first-order valence-electron chi connectivity index (χ1n) is 7.54. The van der Waals surface area contributed by atoms with Crippen LogP contribution in [-0.4, -0.2) is 27.9 Å². The Bertz CT molecular complexity index is 579. The summed E-state index contributed by atoms with van der Waals surface area (Å²) in [6, 6.07) is 8.85. The summed E-state index contributed by atoms with van der Waals surface area (Å²) in [7, 11) is 0. The number of hydrogen-bond donors (Lipinski definition) is 2. The minimum Gasteiger partial charge on any atom is -0.396 e. The summed E-state index contributed by atoms with van der Waals surface area (Å²) in [6.07, 6.45) is 4.25. The minimum absolute atomic E-state index is 0.237. The van der Waals surface area contributed by atoms with Gasteiger partial charge in [-0.2, -0.15) is 4.98 Å². The lowest BCUT2D eigenvalue weighted by Gasteiger charge is -2.18. The third-order valence-electron chi connectivity index (χ3n) is 4.20. The van der Waals surface area contributed by atoms with Crippen molar-refractivity contribution in [2.45, 2.75) is 38.6 Å². The summed E-state index contributed by atoms with van der Waals surface area (Å²) < 4.78 is 5.30. The maximum absolute atomic E-state index is 9.11. The molecule has 1 aliphatic rings. The van der Waals surface area contributed by atoms with Crippen LogP contribution in [0.4, 0.5) is 6.01 Å². The highest BCUT2D eigenvalue weighted by molar-refractivity contribution is 5.55. The molecule has 3 rings (SSSR count). The Hall–Kier alpha value is -1.88. The lowest BCUT2D eigenvalue weighted by Crippen LogP contribution is -2.24. The molecular weight excluding hydrogens is 266 g/mol. The van der Waals surface area contributed by atoms with Crippen LogP contribution in [0.1, 0.15) is 31.2 Å². The van der Waals surface area contributed by atoms with Crippen LogP contribution in [-0.2, 0) is 0 Å². The summed E-state index contributed by atoms with van der Waals surface area (Å²) in [5, 5.41) is 16.5. The van der Waals surface area contributed by atoms with E-state index in [9.17, 15) is 0 Å². The van der Waals surface area contributed by atoms with Crippen LogP contribution in [0.15, 0.2) is 28.8 Å². The van der Waals surface area contributed by atoms with E-state index in [1.165, 1.54) is 12.0 Å². The summed E-state index contributed by atoms with van der Waals surface area (Å²) >= 11 is 0. The number of nitrogens with one attached hydrogen (secondary N) is 1. The second-order valence-corrected chi connectivity index (χ2v) is 5.74. The quantitative estimate of drug-likeness (QED) is 0.884. The second kappa shape index (κ2) is 6.26. The van der Waals surface area contributed by atoms with Crippen molar-refractivity contribution >= 4 is 6.01 Å². The molecule has 1 aromatic carbocycles. The molecule has 2 aromatic rings. The van der Waals surface area contributed by atoms with Crippen molar-refractivity contribution in [2.24, 2.45) is 5.92 Å². The fourth-order valence-corrected chi connectivity index (χ4v) is 3.00.